The average molecular weight is 1550 g/mol. The van der Waals surface area contributed by atoms with Crippen LogP contribution in [0.25, 0.3) is 28.3 Å². The smallest absolute Gasteiger partial charge is 0.0462 e. The second-order valence-corrected chi connectivity index (χ2v) is 40.3. The maximum Gasteiger partial charge on any atom is 0.0462 e. The summed E-state index contributed by atoms with van der Waals surface area (Å²) in [5, 5.41) is 0. The highest BCUT2D eigenvalue weighted by Gasteiger charge is 2.51. The number of nitrogens with zero attached hydrogens (tertiary/aromatic N) is 2. The molecule has 2 nitrogen and oxygen atoms in total. The fourth-order valence-corrected chi connectivity index (χ4v) is 20.0. The van der Waals surface area contributed by atoms with E-state index < -0.39 is 0 Å². The van der Waals surface area contributed by atoms with Gasteiger partial charge in [0.05, 0.1) is 0 Å². The van der Waals surface area contributed by atoms with Crippen LogP contribution in [0.5, 0.6) is 0 Å². The van der Waals surface area contributed by atoms with Crippen LogP contribution in [0.1, 0.15) is 397 Å². The Balaban J connectivity index is 1.03. The van der Waals surface area contributed by atoms with E-state index in [4.69, 9.17) is 0 Å². The molecule has 0 aliphatic heterocycles. The number of hydrogen-bond acceptors (Lipinski definition) is 2. The number of anilines is 6. The molecule has 0 saturated carbocycles. The lowest BCUT2D eigenvalue weighted by atomic mass is 9.60. The summed E-state index contributed by atoms with van der Waals surface area (Å²) >= 11 is 0. The Morgan fingerprint density at radius 3 is 0.793 bits per heavy atom. The molecule has 116 heavy (non-hydrogen) atoms. The molecule has 2 heteroatoms. The van der Waals surface area contributed by atoms with Gasteiger partial charge in [-0.15, -0.1) is 0 Å². The van der Waals surface area contributed by atoms with Gasteiger partial charge in [-0.05, 0) is 244 Å². The first-order chi connectivity index (χ1) is 55.5. The monoisotopic (exact) mass is 1550 g/mol. The van der Waals surface area contributed by atoms with Crippen molar-refractivity contribution >= 4 is 40.2 Å². The lowest BCUT2D eigenvalue weighted by Crippen LogP contribution is -2.40. The summed E-state index contributed by atoms with van der Waals surface area (Å²) < 4.78 is 0. The average Bonchev–Trinajstić information content (AvgIpc) is 1.52. The van der Waals surface area contributed by atoms with Gasteiger partial charge in [-0.25, -0.2) is 0 Å². The van der Waals surface area contributed by atoms with Crippen LogP contribution in [0, 0.1) is 0 Å². The van der Waals surface area contributed by atoms with Gasteiger partial charge in [-0.2, -0.15) is 0 Å². The van der Waals surface area contributed by atoms with Crippen LogP contribution < -0.4 is 9.80 Å². The molecule has 1 atom stereocenters. The van der Waals surface area contributed by atoms with Crippen molar-refractivity contribution < 1.29 is 0 Å². The minimum absolute atomic E-state index is 0.0635. The molecule has 0 heterocycles. The van der Waals surface area contributed by atoms with Crippen molar-refractivity contribution in [1.29, 1.82) is 0 Å². The Morgan fingerprint density at radius 1 is 0.276 bits per heavy atom. The molecule has 2 aliphatic carbocycles. The molecule has 1 unspecified atom stereocenters. The third-order valence-corrected chi connectivity index (χ3v) is 29.6. The van der Waals surface area contributed by atoms with E-state index in [1.165, 1.54) is 247 Å². The summed E-state index contributed by atoms with van der Waals surface area (Å²) in [5.41, 5.74) is 29.5. The van der Waals surface area contributed by atoms with E-state index in [9.17, 15) is 0 Å². The first-order valence-electron chi connectivity index (χ1n) is 46.8. The van der Waals surface area contributed by atoms with Crippen molar-refractivity contribution in [3.05, 3.63) is 267 Å². The van der Waals surface area contributed by atoms with Crippen LogP contribution in [0.2, 0.25) is 0 Å². The molecule has 0 amide bonds. The highest BCUT2D eigenvalue weighted by Crippen LogP contribution is 2.63. The first kappa shape index (κ1) is 89.1. The fourth-order valence-electron chi connectivity index (χ4n) is 20.0. The maximum absolute atomic E-state index is 4.09. The van der Waals surface area contributed by atoms with E-state index in [1.807, 2.05) is 6.08 Å². The molecule has 11 rings (SSSR count). The summed E-state index contributed by atoms with van der Waals surface area (Å²) in [4.78, 5) is 4.89. The fraction of sp³-hybridized carbons (Fsp3) is 0.509. The lowest BCUT2D eigenvalue weighted by molar-refractivity contribution is 0.302. The molecule has 9 aromatic carbocycles. The van der Waals surface area contributed by atoms with Crippen molar-refractivity contribution in [1.82, 2.24) is 0 Å². The molecular weight excluding hydrogens is 1400 g/mol. The second-order valence-electron chi connectivity index (χ2n) is 40.3. The van der Waals surface area contributed by atoms with Gasteiger partial charge in [0.2, 0.25) is 0 Å². The molecular formula is C114H154N2. The van der Waals surface area contributed by atoms with E-state index in [-0.39, 0.29) is 43.3 Å². The van der Waals surface area contributed by atoms with Crippen LogP contribution in [-0.2, 0) is 43.3 Å². The highest BCUT2D eigenvalue weighted by molar-refractivity contribution is 5.91. The minimum Gasteiger partial charge on any atom is -0.311 e. The summed E-state index contributed by atoms with van der Waals surface area (Å²) in [5.74, 6) is 0.519. The van der Waals surface area contributed by atoms with Crippen molar-refractivity contribution in [3.8, 4) is 22.3 Å². The normalized spacial score (nSPS) is 14.1. The van der Waals surface area contributed by atoms with Gasteiger partial charge in [0, 0.05) is 45.0 Å². The molecule has 2 aliphatic rings. The molecule has 0 radical (unpaired) electrons. The molecule has 0 spiro atoms. The topological polar surface area (TPSA) is 6.48 Å². The molecule has 0 bridgehead atoms. The second kappa shape index (κ2) is 38.6. The van der Waals surface area contributed by atoms with Gasteiger partial charge in [-0.3, -0.25) is 0 Å². The third-order valence-electron chi connectivity index (χ3n) is 29.6. The number of unbranched alkanes of at least 4 members (excludes halogenated alkanes) is 20. The Kier molecular flexibility index (Phi) is 29.6. The SMILES string of the molecule is C=Cc1ccc(N(c2ccc(C(C)(C)C)cc2)c2ccc(C(C)(C)C(C)(C)c3ccc4c(c3)C(CCCCCCCC)(CCCCCCCC)c3cc5c(cc3-4)C(CCCCCCCC)(CCCCCCCC)c3cc(C(C)(C)C(C)(C)c4ccc(N(c6ccc(C(C)CC)cc6)c6ccc(C(C)(C)C)cc6)cc4)ccc3-5)cc2)cc1. The van der Waals surface area contributed by atoms with Crippen LogP contribution in [0.3, 0.4) is 0 Å². The Hall–Kier alpha value is -7.68. The van der Waals surface area contributed by atoms with Crippen LogP contribution in [-0.4, -0.2) is 0 Å². The number of benzene rings is 9. The van der Waals surface area contributed by atoms with Gasteiger partial charge in [-0.1, -0.05) is 414 Å². The highest BCUT2D eigenvalue weighted by atomic mass is 15.1. The van der Waals surface area contributed by atoms with E-state index in [0.717, 1.165) is 29.0 Å². The Labute approximate surface area is 709 Å². The van der Waals surface area contributed by atoms with Crippen molar-refractivity contribution in [2.45, 2.75) is 374 Å². The van der Waals surface area contributed by atoms with Gasteiger partial charge in [0.25, 0.3) is 0 Å². The van der Waals surface area contributed by atoms with E-state index >= 15 is 0 Å². The van der Waals surface area contributed by atoms with Gasteiger partial charge in [0.15, 0.2) is 0 Å². The van der Waals surface area contributed by atoms with Gasteiger partial charge >= 0.3 is 0 Å². The minimum atomic E-state index is -0.234. The van der Waals surface area contributed by atoms with E-state index in [2.05, 4.69) is 349 Å². The zero-order chi connectivity index (χ0) is 83.3. The third kappa shape index (κ3) is 19.1. The van der Waals surface area contributed by atoms with E-state index in [1.54, 1.807) is 33.4 Å². The van der Waals surface area contributed by atoms with Gasteiger partial charge in [0.1, 0.15) is 0 Å². The zero-order valence-electron chi connectivity index (χ0n) is 76.7. The number of rotatable bonds is 43. The van der Waals surface area contributed by atoms with Crippen LogP contribution in [0.15, 0.2) is 201 Å². The Bertz CT molecular complexity index is 4540. The quantitative estimate of drug-likeness (QED) is 0.0352. The molecule has 0 N–H and O–H groups in total. The maximum atomic E-state index is 4.09. The van der Waals surface area contributed by atoms with Crippen molar-refractivity contribution in [2.24, 2.45) is 0 Å². The standard InChI is InChI=1S/C114H154N2/c1-22-28-32-36-40-44-76-113(77-45-41-37-33-29-23-2)103-80-91(111(18,19)109(14,15)89-56-70-97(71-57-89)115(93-62-48-85(27-6)49-63-93)95-66-52-87(53-67-95)107(8,9)10)60-74-99(103)101-82-106-102(83-105(101)113)100-75-61-92(81-104(100)114(106,78-46-42-38-34-30-24-3)79-47-43-39-35-31-25-4)112(20,21)110(16,17)90-58-72-98(73-59-90)116(94-64-50-86(51-65-94)84(7)26-5)96-68-54-88(55-69-96)108(11,12)13/h27,48-75,80-84H,6,22-26,28-47,76-79H2,1-5,7-21H3. The summed E-state index contributed by atoms with van der Waals surface area (Å²) in [7, 11) is 0. The summed E-state index contributed by atoms with van der Waals surface area (Å²) in [6.07, 6.45) is 39.0. The molecule has 0 saturated heterocycles. The predicted octanol–water partition coefficient (Wildman–Crippen LogP) is 35.4. The summed E-state index contributed by atoms with van der Waals surface area (Å²) in [6, 6.07) is 78.1. The predicted molar refractivity (Wildman–Crippen MR) is 511 cm³/mol. The number of hydrogen-bond donors (Lipinski definition) is 0. The van der Waals surface area contributed by atoms with Crippen molar-refractivity contribution in [2.75, 3.05) is 9.80 Å². The molecule has 620 valence electrons. The Morgan fingerprint density at radius 2 is 0.517 bits per heavy atom. The van der Waals surface area contributed by atoms with E-state index in [0.29, 0.717) is 5.92 Å². The largest absolute Gasteiger partial charge is 0.311 e. The zero-order valence-corrected chi connectivity index (χ0v) is 76.7. The molecule has 0 fully saturated rings. The van der Waals surface area contributed by atoms with Crippen LogP contribution >= 0.6 is 0 Å². The lowest BCUT2D eigenvalue weighted by Gasteiger charge is -2.44. The number of fused-ring (bicyclic) bond motifs is 6. The first-order valence-corrected chi connectivity index (χ1v) is 46.8. The van der Waals surface area contributed by atoms with Crippen LogP contribution in [0.4, 0.5) is 34.1 Å². The van der Waals surface area contributed by atoms with Crippen molar-refractivity contribution in [3.63, 3.8) is 0 Å². The molecule has 0 aromatic heterocycles. The molecule has 9 aromatic rings. The van der Waals surface area contributed by atoms with Gasteiger partial charge < -0.3 is 9.80 Å². The summed E-state index contributed by atoms with van der Waals surface area (Å²) in [6.45, 7) is 52.4.